The first-order valence-electron chi connectivity index (χ1n) is 5.57. The second-order valence-electron chi connectivity index (χ2n) is 3.98. The summed E-state index contributed by atoms with van der Waals surface area (Å²) in [6.45, 7) is 2.17. The number of hydrogen-bond donors (Lipinski definition) is 0. The van der Waals surface area contributed by atoms with Crippen molar-refractivity contribution in [3.63, 3.8) is 0 Å². The molecule has 0 atom stereocenters. The van der Waals surface area contributed by atoms with Crippen molar-refractivity contribution in [2.75, 3.05) is 7.11 Å². The third kappa shape index (κ3) is 3.95. The van der Waals surface area contributed by atoms with Crippen LogP contribution in [0.3, 0.4) is 0 Å². The Morgan fingerprint density at radius 3 is 2.64 bits per heavy atom. The fourth-order valence-electron chi connectivity index (χ4n) is 1.50. The van der Waals surface area contributed by atoms with Crippen LogP contribution < -0.4 is 0 Å². The summed E-state index contributed by atoms with van der Waals surface area (Å²) in [6, 6.07) is 0. The number of carbonyl (C=O) groups is 1. The number of methoxy groups -OCH3 is 1. The molecule has 0 saturated heterocycles. The average molecular weight is 196 g/mol. The molecule has 80 valence electrons. The van der Waals surface area contributed by atoms with E-state index in [1.807, 2.05) is 0 Å². The summed E-state index contributed by atoms with van der Waals surface area (Å²) in [4.78, 5) is 11.4. The SMILES string of the molecule is CCCCCC(=CC1CC1)C(=O)OC. The van der Waals surface area contributed by atoms with Crippen LogP contribution in [-0.4, -0.2) is 13.1 Å². The van der Waals surface area contributed by atoms with Gasteiger partial charge in [-0.15, -0.1) is 0 Å². The van der Waals surface area contributed by atoms with Gasteiger partial charge in [0.25, 0.3) is 0 Å². The highest BCUT2D eigenvalue weighted by Crippen LogP contribution is 2.32. The summed E-state index contributed by atoms with van der Waals surface area (Å²) >= 11 is 0. The van der Waals surface area contributed by atoms with Crippen LogP contribution in [0.25, 0.3) is 0 Å². The highest BCUT2D eigenvalue weighted by Gasteiger charge is 2.21. The first-order valence-corrected chi connectivity index (χ1v) is 5.57. The topological polar surface area (TPSA) is 26.3 Å². The van der Waals surface area contributed by atoms with Gasteiger partial charge in [-0.2, -0.15) is 0 Å². The zero-order valence-corrected chi connectivity index (χ0v) is 9.21. The lowest BCUT2D eigenvalue weighted by Crippen LogP contribution is -2.05. The van der Waals surface area contributed by atoms with Crippen molar-refractivity contribution in [3.8, 4) is 0 Å². The van der Waals surface area contributed by atoms with Gasteiger partial charge in [0.05, 0.1) is 7.11 Å². The molecular formula is C12H20O2. The van der Waals surface area contributed by atoms with Gasteiger partial charge in [-0.3, -0.25) is 0 Å². The molecule has 2 heteroatoms. The van der Waals surface area contributed by atoms with E-state index in [1.54, 1.807) is 0 Å². The molecule has 2 nitrogen and oxygen atoms in total. The lowest BCUT2D eigenvalue weighted by Gasteiger charge is -2.04. The number of carbonyl (C=O) groups excluding carboxylic acids is 1. The molecule has 0 bridgehead atoms. The molecule has 0 aromatic carbocycles. The maximum Gasteiger partial charge on any atom is 0.333 e. The van der Waals surface area contributed by atoms with Crippen LogP contribution in [0.5, 0.6) is 0 Å². The van der Waals surface area contributed by atoms with E-state index in [4.69, 9.17) is 4.74 Å². The second kappa shape index (κ2) is 5.84. The molecule has 1 saturated carbocycles. The van der Waals surface area contributed by atoms with E-state index in [1.165, 1.54) is 32.8 Å². The van der Waals surface area contributed by atoms with Gasteiger partial charge in [-0.05, 0) is 31.6 Å². The van der Waals surface area contributed by atoms with Crippen molar-refractivity contribution < 1.29 is 9.53 Å². The lowest BCUT2D eigenvalue weighted by atomic mass is 10.1. The zero-order chi connectivity index (χ0) is 10.4. The van der Waals surface area contributed by atoms with Crippen molar-refractivity contribution in [1.82, 2.24) is 0 Å². The van der Waals surface area contributed by atoms with Crippen molar-refractivity contribution in [1.29, 1.82) is 0 Å². The molecule has 1 rings (SSSR count). The molecule has 0 radical (unpaired) electrons. The maximum absolute atomic E-state index is 11.4. The first-order chi connectivity index (χ1) is 6.77. The van der Waals surface area contributed by atoms with Crippen molar-refractivity contribution in [3.05, 3.63) is 11.6 Å². The van der Waals surface area contributed by atoms with Crippen molar-refractivity contribution in [2.24, 2.45) is 5.92 Å². The lowest BCUT2D eigenvalue weighted by molar-refractivity contribution is -0.136. The summed E-state index contributed by atoms with van der Waals surface area (Å²) < 4.78 is 4.76. The smallest absolute Gasteiger partial charge is 0.333 e. The van der Waals surface area contributed by atoms with E-state index >= 15 is 0 Å². The van der Waals surface area contributed by atoms with Crippen LogP contribution in [0.2, 0.25) is 0 Å². The summed E-state index contributed by atoms with van der Waals surface area (Å²) in [5.41, 5.74) is 0.892. The number of ether oxygens (including phenoxy) is 1. The summed E-state index contributed by atoms with van der Waals surface area (Å²) in [6.07, 6.45) is 8.97. The molecule has 0 heterocycles. The van der Waals surface area contributed by atoms with Gasteiger partial charge >= 0.3 is 5.97 Å². The van der Waals surface area contributed by atoms with Crippen LogP contribution >= 0.6 is 0 Å². The summed E-state index contributed by atoms with van der Waals surface area (Å²) in [7, 11) is 1.46. The maximum atomic E-state index is 11.4. The van der Waals surface area contributed by atoms with E-state index in [-0.39, 0.29) is 5.97 Å². The van der Waals surface area contributed by atoms with Crippen LogP contribution in [0.4, 0.5) is 0 Å². The minimum atomic E-state index is -0.131. The molecule has 1 aliphatic rings. The van der Waals surface area contributed by atoms with Gasteiger partial charge in [-0.1, -0.05) is 25.8 Å². The van der Waals surface area contributed by atoms with Crippen LogP contribution in [0.1, 0.15) is 45.4 Å². The fraction of sp³-hybridized carbons (Fsp3) is 0.750. The van der Waals surface area contributed by atoms with Gasteiger partial charge in [0.2, 0.25) is 0 Å². The Bertz CT molecular complexity index is 214. The monoisotopic (exact) mass is 196 g/mol. The average Bonchev–Trinajstić information content (AvgIpc) is 2.99. The second-order valence-corrected chi connectivity index (χ2v) is 3.98. The third-order valence-corrected chi connectivity index (χ3v) is 2.56. The Kier molecular flexibility index (Phi) is 4.71. The predicted octanol–water partition coefficient (Wildman–Crippen LogP) is 3.08. The molecular weight excluding hydrogens is 176 g/mol. The van der Waals surface area contributed by atoms with Crippen LogP contribution in [0.15, 0.2) is 11.6 Å². The first kappa shape index (κ1) is 11.3. The Balaban J connectivity index is 2.39. The molecule has 0 aromatic rings. The molecule has 1 aliphatic carbocycles. The minimum absolute atomic E-state index is 0.131. The normalized spacial score (nSPS) is 16.9. The molecule has 0 spiro atoms. The standard InChI is InChI=1S/C12H20O2/c1-3-4-5-6-11(12(13)14-2)9-10-7-8-10/h9-10H,3-8H2,1-2H3. The van der Waals surface area contributed by atoms with Crippen LogP contribution in [0, 0.1) is 5.92 Å². The van der Waals surface area contributed by atoms with E-state index in [2.05, 4.69) is 13.0 Å². The Labute approximate surface area is 86.3 Å². The highest BCUT2D eigenvalue weighted by atomic mass is 16.5. The number of allylic oxidation sites excluding steroid dienone is 1. The van der Waals surface area contributed by atoms with Crippen LogP contribution in [-0.2, 0) is 9.53 Å². The molecule has 0 unspecified atom stereocenters. The summed E-state index contributed by atoms with van der Waals surface area (Å²) in [5.74, 6) is 0.527. The van der Waals surface area contributed by atoms with Gasteiger partial charge in [-0.25, -0.2) is 4.79 Å². The van der Waals surface area contributed by atoms with Crippen molar-refractivity contribution >= 4 is 5.97 Å². The molecule has 0 N–H and O–H groups in total. The van der Waals surface area contributed by atoms with E-state index in [9.17, 15) is 4.79 Å². The largest absolute Gasteiger partial charge is 0.466 e. The quantitative estimate of drug-likeness (QED) is 0.371. The minimum Gasteiger partial charge on any atom is -0.466 e. The van der Waals surface area contributed by atoms with Gasteiger partial charge in [0, 0.05) is 5.57 Å². The molecule has 0 aromatic heterocycles. The van der Waals surface area contributed by atoms with Gasteiger partial charge < -0.3 is 4.74 Å². The zero-order valence-electron chi connectivity index (χ0n) is 9.21. The molecule has 14 heavy (non-hydrogen) atoms. The predicted molar refractivity (Wildman–Crippen MR) is 57.0 cm³/mol. The third-order valence-electron chi connectivity index (χ3n) is 2.56. The Morgan fingerprint density at radius 2 is 2.14 bits per heavy atom. The van der Waals surface area contributed by atoms with E-state index in [0.717, 1.165) is 18.4 Å². The molecule has 0 aliphatic heterocycles. The number of esters is 1. The van der Waals surface area contributed by atoms with Gasteiger partial charge in [0.15, 0.2) is 0 Å². The highest BCUT2D eigenvalue weighted by molar-refractivity contribution is 5.88. The molecule has 0 amide bonds. The fourth-order valence-corrected chi connectivity index (χ4v) is 1.50. The van der Waals surface area contributed by atoms with Gasteiger partial charge in [0.1, 0.15) is 0 Å². The Hall–Kier alpha value is -0.790. The number of rotatable bonds is 6. The van der Waals surface area contributed by atoms with E-state index in [0.29, 0.717) is 5.92 Å². The van der Waals surface area contributed by atoms with Crippen molar-refractivity contribution in [2.45, 2.75) is 45.4 Å². The molecule has 1 fully saturated rings. The number of hydrogen-bond acceptors (Lipinski definition) is 2. The Morgan fingerprint density at radius 1 is 1.43 bits per heavy atom. The van der Waals surface area contributed by atoms with E-state index < -0.39 is 0 Å². The summed E-state index contributed by atoms with van der Waals surface area (Å²) in [5, 5.41) is 0. The number of unbranched alkanes of at least 4 members (excludes halogenated alkanes) is 2.